The summed E-state index contributed by atoms with van der Waals surface area (Å²) in [5.41, 5.74) is 2.29. The van der Waals surface area contributed by atoms with Gasteiger partial charge < -0.3 is 9.84 Å². The number of carbonyl (C=O) groups excluding carboxylic acids is 1. The number of nitrogens with one attached hydrogen (secondary N) is 1. The van der Waals surface area contributed by atoms with Crippen molar-refractivity contribution in [1.82, 2.24) is 14.9 Å². The van der Waals surface area contributed by atoms with Crippen molar-refractivity contribution in [3.8, 4) is 11.3 Å². The van der Waals surface area contributed by atoms with Crippen molar-refractivity contribution in [2.75, 3.05) is 5.32 Å². The van der Waals surface area contributed by atoms with Crippen LogP contribution in [0.3, 0.4) is 0 Å². The van der Waals surface area contributed by atoms with Gasteiger partial charge in [-0.3, -0.25) is 9.59 Å². The van der Waals surface area contributed by atoms with Gasteiger partial charge in [0.05, 0.1) is 5.69 Å². The van der Waals surface area contributed by atoms with Gasteiger partial charge in [0.1, 0.15) is 12.3 Å². The van der Waals surface area contributed by atoms with Crippen molar-refractivity contribution in [2.24, 2.45) is 0 Å². The van der Waals surface area contributed by atoms with Crippen molar-refractivity contribution in [3.05, 3.63) is 64.1 Å². The topological polar surface area (TPSA) is 90.0 Å². The molecule has 0 fully saturated rings. The molecule has 0 aliphatic carbocycles. The maximum absolute atomic E-state index is 12.0. The molecule has 0 aliphatic heterocycles. The van der Waals surface area contributed by atoms with Gasteiger partial charge in [-0.1, -0.05) is 35.0 Å². The first-order chi connectivity index (χ1) is 11.5. The third kappa shape index (κ3) is 3.57. The Morgan fingerprint density at radius 3 is 2.58 bits per heavy atom. The average molecular weight is 324 g/mol. The molecule has 1 amide bonds. The number of amides is 1. The summed E-state index contributed by atoms with van der Waals surface area (Å²) in [5, 5.41) is 10.5. The van der Waals surface area contributed by atoms with E-state index in [1.807, 2.05) is 31.2 Å². The standard InChI is InChI=1S/C17H16N4O3/c1-11-3-5-13(6-4-11)14-7-8-17(23)21(19-14)10-16(22)18-15-9-12(2)24-20-15/h3-9H,10H2,1-2H3,(H,18,20,22). The van der Waals surface area contributed by atoms with Gasteiger partial charge in [0.25, 0.3) is 5.56 Å². The summed E-state index contributed by atoms with van der Waals surface area (Å²) in [6.07, 6.45) is 0. The molecule has 7 heteroatoms. The predicted octanol–water partition coefficient (Wildman–Crippen LogP) is 2.15. The second-order valence-corrected chi connectivity index (χ2v) is 5.45. The Morgan fingerprint density at radius 1 is 1.17 bits per heavy atom. The smallest absolute Gasteiger partial charge is 0.267 e. The van der Waals surface area contributed by atoms with E-state index in [1.165, 1.54) is 6.07 Å². The molecule has 24 heavy (non-hydrogen) atoms. The Bertz CT molecular complexity index is 926. The van der Waals surface area contributed by atoms with Crippen LogP contribution < -0.4 is 10.9 Å². The average Bonchev–Trinajstić information content (AvgIpc) is 2.95. The number of aromatic nitrogens is 3. The number of anilines is 1. The van der Waals surface area contributed by atoms with E-state index >= 15 is 0 Å². The number of rotatable bonds is 4. The highest BCUT2D eigenvalue weighted by Crippen LogP contribution is 2.15. The van der Waals surface area contributed by atoms with Crippen LogP contribution in [-0.2, 0) is 11.3 Å². The number of carbonyl (C=O) groups is 1. The number of aryl methyl sites for hydroxylation is 2. The fourth-order valence-electron chi connectivity index (χ4n) is 2.18. The zero-order valence-electron chi connectivity index (χ0n) is 13.3. The largest absolute Gasteiger partial charge is 0.360 e. The minimum atomic E-state index is -0.404. The Kier molecular flexibility index (Phi) is 4.24. The van der Waals surface area contributed by atoms with E-state index < -0.39 is 5.91 Å². The molecular formula is C17H16N4O3. The zero-order chi connectivity index (χ0) is 17.1. The predicted molar refractivity (Wildman–Crippen MR) is 88.5 cm³/mol. The third-order valence-electron chi connectivity index (χ3n) is 3.40. The van der Waals surface area contributed by atoms with Crippen molar-refractivity contribution in [1.29, 1.82) is 0 Å². The molecular weight excluding hydrogens is 308 g/mol. The Labute approximate surface area is 137 Å². The molecule has 0 aliphatic rings. The minimum absolute atomic E-state index is 0.204. The molecule has 1 aromatic carbocycles. The molecule has 2 aromatic heterocycles. The summed E-state index contributed by atoms with van der Waals surface area (Å²) >= 11 is 0. The van der Waals surface area contributed by atoms with Gasteiger partial charge in [-0.25, -0.2) is 4.68 Å². The second kappa shape index (κ2) is 6.49. The van der Waals surface area contributed by atoms with Crippen LogP contribution in [0, 0.1) is 13.8 Å². The van der Waals surface area contributed by atoms with Crippen LogP contribution in [0.4, 0.5) is 5.82 Å². The molecule has 7 nitrogen and oxygen atoms in total. The molecule has 3 rings (SSSR count). The van der Waals surface area contributed by atoms with E-state index in [9.17, 15) is 9.59 Å². The molecule has 0 atom stereocenters. The van der Waals surface area contributed by atoms with Crippen LogP contribution in [0.1, 0.15) is 11.3 Å². The lowest BCUT2D eigenvalue weighted by molar-refractivity contribution is -0.117. The first-order valence-corrected chi connectivity index (χ1v) is 7.39. The number of benzene rings is 1. The summed E-state index contributed by atoms with van der Waals surface area (Å²) in [4.78, 5) is 24.0. The van der Waals surface area contributed by atoms with E-state index in [4.69, 9.17) is 4.52 Å². The van der Waals surface area contributed by atoms with Crippen molar-refractivity contribution >= 4 is 11.7 Å². The highest BCUT2D eigenvalue weighted by Gasteiger charge is 2.10. The van der Waals surface area contributed by atoms with Gasteiger partial charge in [-0.05, 0) is 19.9 Å². The molecule has 0 unspecified atom stereocenters. The maximum atomic E-state index is 12.0. The lowest BCUT2D eigenvalue weighted by atomic mass is 10.1. The summed E-state index contributed by atoms with van der Waals surface area (Å²) in [5.74, 6) is 0.487. The van der Waals surface area contributed by atoms with Crippen LogP contribution in [0.25, 0.3) is 11.3 Å². The molecule has 122 valence electrons. The Morgan fingerprint density at radius 2 is 1.92 bits per heavy atom. The van der Waals surface area contributed by atoms with E-state index in [0.29, 0.717) is 17.3 Å². The van der Waals surface area contributed by atoms with Gasteiger partial charge >= 0.3 is 0 Å². The van der Waals surface area contributed by atoms with Crippen molar-refractivity contribution in [3.63, 3.8) is 0 Å². The fourth-order valence-corrected chi connectivity index (χ4v) is 2.18. The van der Waals surface area contributed by atoms with E-state index in [-0.39, 0.29) is 12.1 Å². The summed E-state index contributed by atoms with van der Waals surface area (Å²) < 4.78 is 6.00. The first-order valence-electron chi connectivity index (χ1n) is 7.39. The summed E-state index contributed by atoms with van der Waals surface area (Å²) in [6.45, 7) is 3.51. The van der Waals surface area contributed by atoms with Gasteiger partial charge in [0, 0.05) is 17.7 Å². The van der Waals surface area contributed by atoms with E-state index in [0.717, 1.165) is 15.8 Å². The fraction of sp³-hybridized carbons (Fsp3) is 0.176. The highest BCUT2D eigenvalue weighted by molar-refractivity contribution is 5.89. The van der Waals surface area contributed by atoms with Crippen LogP contribution in [-0.4, -0.2) is 20.8 Å². The zero-order valence-corrected chi connectivity index (χ0v) is 13.3. The normalized spacial score (nSPS) is 10.6. The van der Waals surface area contributed by atoms with Crippen LogP contribution >= 0.6 is 0 Å². The van der Waals surface area contributed by atoms with Crippen LogP contribution in [0.2, 0.25) is 0 Å². The minimum Gasteiger partial charge on any atom is -0.360 e. The maximum Gasteiger partial charge on any atom is 0.267 e. The molecule has 0 spiro atoms. The first kappa shape index (κ1) is 15.7. The SMILES string of the molecule is Cc1ccc(-c2ccc(=O)n(CC(=O)Nc3cc(C)on3)n2)cc1. The van der Waals surface area contributed by atoms with E-state index in [1.54, 1.807) is 19.1 Å². The highest BCUT2D eigenvalue weighted by atomic mass is 16.5. The third-order valence-corrected chi connectivity index (χ3v) is 3.40. The van der Waals surface area contributed by atoms with Crippen LogP contribution in [0.5, 0.6) is 0 Å². The summed E-state index contributed by atoms with van der Waals surface area (Å²) in [6, 6.07) is 12.4. The molecule has 0 bridgehead atoms. The number of hydrogen-bond acceptors (Lipinski definition) is 5. The lowest BCUT2D eigenvalue weighted by Gasteiger charge is -2.07. The van der Waals surface area contributed by atoms with Gasteiger partial charge in [0.15, 0.2) is 5.82 Å². The molecule has 0 saturated carbocycles. The van der Waals surface area contributed by atoms with Crippen LogP contribution in [0.15, 0.2) is 51.8 Å². The van der Waals surface area contributed by atoms with Crippen molar-refractivity contribution < 1.29 is 9.32 Å². The van der Waals surface area contributed by atoms with Gasteiger partial charge in [-0.2, -0.15) is 5.10 Å². The van der Waals surface area contributed by atoms with Gasteiger partial charge in [-0.15, -0.1) is 0 Å². The number of hydrogen-bond donors (Lipinski definition) is 1. The second-order valence-electron chi connectivity index (χ2n) is 5.45. The quantitative estimate of drug-likeness (QED) is 0.794. The molecule has 1 N–H and O–H groups in total. The Hall–Kier alpha value is -3.22. The molecule has 0 radical (unpaired) electrons. The Balaban J connectivity index is 1.80. The molecule has 3 aromatic rings. The van der Waals surface area contributed by atoms with Crippen molar-refractivity contribution in [2.45, 2.75) is 20.4 Å². The van der Waals surface area contributed by atoms with Gasteiger partial charge in [0.2, 0.25) is 5.91 Å². The monoisotopic (exact) mass is 324 g/mol. The number of nitrogens with zero attached hydrogens (tertiary/aromatic N) is 3. The van der Waals surface area contributed by atoms with E-state index in [2.05, 4.69) is 15.6 Å². The molecule has 2 heterocycles. The summed E-state index contributed by atoms with van der Waals surface area (Å²) in [7, 11) is 0. The lowest BCUT2D eigenvalue weighted by Crippen LogP contribution is -2.29. The molecule has 0 saturated heterocycles.